The number of nitrogens with one attached hydrogen (secondary N) is 3. The van der Waals surface area contributed by atoms with Crippen LogP contribution in [0.3, 0.4) is 0 Å². The standard InChI is InChI=1S/C18H13N5/c1-2-4-15-12(3-1)8-17(21-15)18-14-7-11(13-9-19-20-10-13)5-6-16(14)22-23-18/h1-10,21H,(H,19,20)(H,22,23). The van der Waals surface area contributed by atoms with E-state index in [2.05, 4.69) is 61.8 Å². The van der Waals surface area contributed by atoms with Crippen LogP contribution >= 0.6 is 0 Å². The molecule has 3 heterocycles. The van der Waals surface area contributed by atoms with Gasteiger partial charge in [0.15, 0.2) is 0 Å². The molecular weight excluding hydrogens is 286 g/mol. The molecule has 5 nitrogen and oxygen atoms in total. The fourth-order valence-corrected chi connectivity index (χ4v) is 3.01. The highest BCUT2D eigenvalue weighted by atomic mass is 15.1. The summed E-state index contributed by atoms with van der Waals surface area (Å²) in [4.78, 5) is 3.44. The van der Waals surface area contributed by atoms with E-state index in [9.17, 15) is 0 Å². The summed E-state index contributed by atoms with van der Waals surface area (Å²) in [6.45, 7) is 0. The van der Waals surface area contributed by atoms with Gasteiger partial charge in [-0.1, -0.05) is 24.3 Å². The van der Waals surface area contributed by atoms with Crippen LogP contribution in [-0.2, 0) is 0 Å². The molecule has 3 N–H and O–H groups in total. The summed E-state index contributed by atoms with van der Waals surface area (Å²) in [6.07, 6.45) is 3.72. The topological polar surface area (TPSA) is 73.2 Å². The Morgan fingerprint density at radius 2 is 1.83 bits per heavy atom. The molecule has 0 amide bonds. The Kier molecular flexibility index (Phi) is 2.43. The molecule has 0 aliphatic heterocycles. The molecule has 23 heavy (non-hydrogen) atoms. The largest absolute Gasteiger partial charge is 0.353 e. The number of benzene rings is 2. The lowest BCUT2D eigenvalue weighted by Gasteiger charge is -1.99. The van der Waals surface area contributed by atoms with Crippen LogP contribution in [0.15, 0.2) is 60.9 Å². The van der Waals surface area contributed by atoms with Gasteiger partial charge in [-0.25, -0.2) is 0 Å². The lowest BCUT2D eigenvalue weighted by atomic mass is 10.1. The molecule has 0 aliphatic carbocycles. The number of fused-ring (bicyclic) bond motifs is 2. The van der Waals surface area contributed by atoms with Crippen molar-refractivity contribution in [2.75, 3.05) is 0 Å². The molecule has 110 valence electrons. The lowest BCUT2D eigenvalue weighted by Crippen LogP contribution is -1.79. The van der Waals surface area contributed by atoms with Crippen LogP contribution in [0.25, 0.3) is 44.3 Å². The maximum Gasteiger partial charge on any atom is 0.116 e. The summed E-state index contributed by atoms with van der Waals surface area (Å²) in [5, 5.41) is 16.8. The van der Waals surface area contributed by atoms with Crippen molar-refractivity contribution < 1.29 is 0 Å². The monoisotopic (exact) mass is 299 g/mol. The number of aromatic amines is 3. The Hall–Kier alpha value is -3.34. The third-order valence-corrected chi connectivity index (χ3v) is 4.18. The smallest absolute Gasteiger partial charge is 0.116 e. The zero-order valence-corrected chi connectivity index (χ0v) is 12.2. The Morgan fingerprint density at radius 3 is 2.70 bits per heavy atom. The third kappa shape index (κ3) is 1.87. The number of hydrogen-bond acceptors (Lipinski definition) is 2. The number of aromatic nitrogens is 5. The van der Waals surface area contributed by atoms with Crippen LogP contribution in [0.5, 0.6) is 0 Å². The zero-order valence-electron chi connectivity index (χ0n) is 12.2. The van der Waals surface area contributed by atoms with Gasteiger partial charge in [0.25, 0.3) is 0 Å². The Balaban J connectivity index is 1.73. The molecule has 5 heteroatoms. The van der Waals surface area contributed by atoms with Gasteiger partial charge in [0.2, 0.25) is 0 Å². The van der Waals surface area contributed by atoms with Crippen molar-refractivity contribution >= 4 is 21.8 Å². The van der Waals surface area contributed by atoms with Crippen LogP contribution in [0.4, 0.5) is 0 Å². The summed E-state index contributed by atoms with van der Waals surface area (Å²) >= 11 is 0. The fourth-order valence-electron chi connectivity index (χ4n) is 3.01. The molecule has 5 aromatic rings. The molecule has 0 saturated carbocycles. The van der Waals surface area contributed by atoms with E-state index in [1.54, 1.807) is 0 Å². The van der Waals surface area contributed by atoms with Gasteiger partial charge in [-0.05, 0) is 29.8 Å². The molecule has 0 aliphatic rings. The molecule has 2 aromatic carbocycles. The summed E-state index contributed by atoms with van der Waals surface area (Å²) < 4.78 is 0. The average Bonchev–Trinajstić information content (AvgIpc) is 3.32. The highest BCUT2D eigenvalue weighted by molar-refractivity contribution is 5.97. The number of para-hydroxylation sites is 1. The van der Waals surface area contributed by atoms with Crippen molar-refractivity contribution in [2.24, 2.45) is 0 Å². The van der Waals surface area contributed by atoms with Crippen molar-refractivity contribution in [1.29, 1.82) is 0 Å². The van der Waals surface area contributed by atoms with E-state index in [1.807, 2.05) is 24.5 Å². The van der Waals surface area contributed by atoms with Gasteiger partial charge in [-0.2, -0.15) is 10.2 Å². The van der Waals surface area contributed by atoms with E-state index >= 15 is 0 Å². The van der Waals surface area contributed by atoms with Gasteiger partial charge in [-0.3, -0.25) is 10.2 Å². The first-order valence-corrected chi connectivity index (χ1v) is 7.44. The van der Waals surface area contributed by atoms with Gasteiger partial charge < -0.3 is 4.98 Å². The predicted molar refractivity (Wildman–Crippen MR) is 91.0 cm³/mol. The SMILES string of the molecule is c1ccc2[nH]c(-c3n[nH]c4ccc(-c5cn[nH]c5)cc34)cc2c1. The first-order valence-electron chi connectivity index (χ1n) is 7.44. The molecule has 0 unspecified atom stereocenters. The first kappa shape index (κ1) is 12.2. The molecule has 0 saturated heterocycles. The molecule has 0 bridgehead atoms. The molecule has 0 radical (unpaired) electrons. The van der Waals surface area contributed by atoms with E-state index < -0.39 is 0 Å². The Bertz CT molecular complexity index is 1080. The molecule has 0 fully saturated rings. The zero-order chi connectivity index (χ0) is 15.2. The van der Waals surface area contributed by atoms with Crippen LogP contribution in [0.2, 0.25) is 0 Å². The van der Waals surface area contributed by atoms with Crippen LogP contribution < -0.4 is 0 Å². The molecule has 3 aromatic heterocycles. The Morgan fingerprint density at radius 1 is 0.870 bits per heavy atom. The number of nitrogens with zero attached hydrogens (tertiary/aromatic N) is 2. The molecule has 0 spiro atoms. The minimum absolute atomic E-state index is 0.932. The summed E-state index contributed by atoms with van der Waals surface area (Å²) in [6, 6.07) is 16.6. The van der Waals surface area contributed by atoms with Crippen LogP contribution in [0.1, 0.15) is 0 Å². The summed E-state index contributed by atoms with van der Waals surface area (Å²) in [7, 11) is 0. The van der Waals surface area contributed by atoms with Crippen molar-refractivity contribution in [1.82, 2.24) is 25.4 Å². The van der Waals surface area contributed by atoms with Crippen molar-refractivity contribution in [3.05, 3.63) is 60.9 Å². The number of H-pyrrole nitrogens is 3. The number of rotatable bonds is 2. The highest BCUT2D eigenvalue weighted by Gasteiger charge is 2.12. The average molecular weight is 299 g/mol. The van der Waals surface area contributed by atoms with E-state index in [4.69, 9.17) is 0 Å². The molecule has 0 atom stereocenters. The van der Waals surface area contributed by atoms with Gasteiger partial charge >= 0.3 is 0 Å². The van der Waals surface area contributed by atoms with Crippen LogP contribution in [0, 0.1) is 0 Å². The van der Waals surface area contributed by atoms with Gasteiger partial charge in [-0.15, -0.1) is 0 Å². The Labute approximate surface area is 131 Å². The van der Waals surface area contributed by atoms with E-state index in [0.29, 0.717) is 0 Å². The van der Waals surface area contributed by atoms with Gasteiger partial charge in [0.1, 0.15) is 5.69 Å². The summed E-state index contributed by atoms with van der Waals surface area (Å²) in [5.74, 6) is 0. The molecular formula is C18H13N5. The minimum Gasteiger partial charge on any atom is -0.353 e. The predicted octanol–water partition coefficient (Wildman–Crippen LogP) is 4.10. The van der Waals surface area contributed by atoms with Crippen molar-refractivity contribution in [2.45, 2.75) is 0 Å². The normalized spacial score (nSPS) is 11.5. The quantitative estimate of drug-likeness (QED) is 0.459. The fraction of sp³-hybridized carbons (Fsp3) is 0. The van der Waals surface area contributed by atoms with Crippen LogP contribution in [-0.4, -0.2) is 25.4 Å². The second-order valence-electron chi connectivity index (χ2n) is 5.59. The third-order valence-electron chi connectivity index (χ3n) is 4.18. The van der Waals surface area contributed by atoms with Crippen molar-refractivity contribution in [3.63, 3.8) is 0 Å². The van der Waals surface area contributed by atoms with Gasteiger partial charge in [0, 0.05) is 28.0 Å². The second kappa shape index (κ2) is 4.58. The lowest BCUT2D eigenvalue weighted by molar-refractivity contribution is 1.09. The highest BCUT2D eigenvalue weighted by Crippen LogP contribution is 2.31. The van der Waals surface area contributed by atoms with E-state index in [-0.39, 0.29) is 0 Å². The minimum atomic E-state index is 0.932. The van der Waals surface area contributed by atoms with Gasteiger partial charge in [0.05, 0.1) is 17.4 Å². The number of hydrogen-bond donors (Lipinski definition) is 3. The maximum absolute atomic E-state index is 4.50. The summed E-state index contributed by atoms with van der Waals surface area (Å²) in [5.41, 5.74) is 6.26. The first-order chi connectivity index (χ1) is 11.4. The second-order valence-corrected chi connectivity index (χ2v) is 5.59. The van der Waals surface area contributed by atoms with E-state index in [0.717, 1.165) is 38.9 Å². The van der Waals surface area contributed by atoms with Crippen molar-refractivity contribution in [3.8, 4) is 22.5 Å². The van der Waals surface area contributed by atoms with E-state index in [1.165, 1.54) is 5.39 Å². The molecule has 5 rings (SSSR count). The maximum atomic E-state index is 4.50.